The summed E-state index contributed by atoms with van der Waals surface area (Å²) in [6.07, 6.45) is 2.51. The largest absolute Gasteiger partial charge is 0.497 e. The number of benzene rings is 1. The zero-order valence-corrected chi connectivity index (χ0v) is 17.0. The van der Waals surface area contributed by atoms with E-state index >= 15 is 0 Å². The summed E-state index contributed by atoms with van der Waals surface area (Å²) < 4.78 is 5.90. The van der Waals surface area contributed by atoms with Crippen molar-refractivity contribution in [3.8, 4) is 5.75 Å². The van der Waals surface area contributed by atoms with Gasteiger partial charge in [-0.2, -0.15) is 0 Å². The van der Waals surface area contributed by atoms with Gasteiger partial charge < -0.3 is 15.8 Å². The van der Waals surface area contributed by atoms with Crippen molar-refractivity contribution >= 4 is 50.1 Å². The highest BCUT2D eigenvalue weighted by Crippen LogP contribution is 2.42. The summed E-state index contributed by atoms with van der Waals surface area (Å²) in [5.74, 6) is 1.04. The summed E-state index contributed by atoms with van der Waals surface area (Å²) in [6, 6.07) is 8.10. The van der Waals surface area contributed by atoms with Gasteiger partial charge in [-0.05, 0) is 53.7 Å². The van der Waals surface area contributed by atoms with E-state index in [1.54, 1.807) is 13.3 Å². The Kier molecular flexibility index (Phi) is 5.48. The first kappa shape index (κ1) is 18.7. The van der Waals surface area contributed by atoms with Crippen LogP contribution in [0.1, 0.15) is 38.0 Å². The number of halogens is 1. The van der Waals surface area contributed by atoms with Crippen molar-refractivity contribution in [1.82, 2.24) is 5.32 Å². The van der Waals surface area contributed by atoms with Gasteiger partial charge in [0.05, 0.1) is 12.8 Å². The van der Waals surface area contributed by atoms with E-state index in [1.807, 2.05) is 31.2 Å². The fraction of sp³-hybridized carbons (Fsp3) is 0.263. The fourth-order valence-corrected chi connectivity index (χ4v) is 4.76. The number of rotatable bonds is 6. The van der Waals surface area contributed by atoms with Gasteiger partial charge in [0.25, 0.3) is 5.91 Å². The average molecular weight is 434 g/mol. The Morgan fingerprint density at radius 3 is 2.77 bits per heavy atom. The van der Waals surface area contributed by atoms with Crippen molar-refractivity contribution in [3.05, 3.63) is 51.3 Å². The van der Waals surface area contributed by atoms with E-state index in [4.69, 9.17) is 10.5 Å². The molecule has 1 heterocycles. The number of anilines is 1. The quantitative estimate of drug-likeness (QED) is 0.665. The van der Waals surface area contributed by atoms with Crippen molar-refractivity contribution in [2.45, 2.75) is 25.3 Å². The number of nitrogens with zero attached hydrogens (tertiary/aromatic N) is 1. The molecule has 1 amide bonds. The third-order valence-corrected chi connectivity index (χ3v) is 6.14. The number of carbonyl (C=O) groups excluding carboxylic acids is 1. The van der Waals surface area contributed by atoms with Gasteiger partial charge in [0.2, 0.25) is 0 Å². The number of aliphatic imine (C=N–C) groups is 1. The number of thiophene rings is 1. The first-order valence-corrected chi connectivity index (χ1v) is 9.72. The summed E-state index contributed by atoms with van der Waals surface area (Å²) in [5, 5.41) is 3.09. The third-order valence-electron chi connectivity index (χ3n) is 4.42. The fourth-order valence-electron chi connectivity index (χ4n) is 2.98. The topological polar surface area (TPSA) is 76.7 Å². The van der Waals surface area contributed by atoms with Gasteiger partial charge in [-0.25, -0.2) is 0 Å². The molecular formula is C19H20BrN3O2S. The number of carbonyl (C=O) groups is 1. The molecule has 1 aromatic carbocycles. The first-order chi connectivity index (χ1) is 12.5. The lowest BCUT2D eigenvalue weighted by atomic mass is 10.1. The maximum absolute atomic E-state index is 12.7. The molecule has 3 rings (SSSR count). The Bertz CT molecular complexity index is 874. The van der Waals surface area contributed by atoms with E-state index in [9.17, 15) is 4.79 Å². The summed E-state index contributed by atoms with van der Waals surface area (Å²) in [5.41, 5.74) is 8.69. The second-order valence-corrected chi connectivity index (χ2v) is 8.21. The van der Waals surface area contributed by atoms with Gasteiger partial charge in [-0.1, -0.05) is 12.1 Å². The Balaban J connectivity index is 1.70. The monoisotopic (exact) mass is 433 g/mol. The normalized spacial score (nSPS) is 19.1. The maximum atomic E-state index is 12.7. The molecule has 1 saturated carbocycles. The minimum Gasteiger partial charge on any atom is -0.497 e. The number of methoxy groups -OCH3 is 1. The second-order valence-electron chi connectivity index (χ2n) is 6.13. The number of ether oxygens (including phenoxy) is 1. The highest BCUT2D eigenvalue weighted by atomic mass is 79.9. The molecule has 3 N–H and O–H groups in total. The van der Waals surface area contributed by atoms with Crippen molar-refractivity contribution in [2.75, 3.05) is 12.8 Å². The van der Waals surface area contributed by atoms with E-state index in [2.05, 4.69) is 33.0 Å². The van der Waals surface area contributed by atoms with Crippen LogP contribution < -0.4 is 15.8 Å². The Morgan fingerprint density at radius 2 is 2.15 bits per heavy atom. The number of hydrogen-bond acceptors (Lipinski definition) is 5. The molecule has 0 radical (unpaired) electrons. The number of hydrogen-bond donors (Lipinski definition) is 2. The number of nitrogens with two attached hydrogens (primary N) is 1. The number of nitrogens with one attached hydrogen (secondary N) is 1. The predicted molar refractivity (Wildman–Crippen MR) is 112 cm³/mol. The SMILES string of the molecule is C=NC=C(Br)c1c(C)sc(C(=O)NC2CC2c2ccc(OC)cc2)c1N. The van der Waals surface area contributed by atoms with Crippen molar-refractivity contribution in [2.24, 2.45) is 4.99 Å². The van der Waals surface area contributed by atoms with Crippen LogP contribution in [0.3, 0.4) is 0 Å². The number of aryl methyl sites for hydroxylation is 1. The van der Waals surface area contributed by atoms with Crippen molar-refractivity contribution < 1.29 is 9.53 Å². The molecule has 1 aromatic heterocycles. The van der Waals surface area contributed by atoms with Crippen LogP contribution in [-0.2, 0) is 0 Å². The van der Waals surface area contributed by atoms with Gasteiger partial charge in [-0.3, -0.25) is 9.79 Å². The molecule has 0 bridgehead atoms. The average Bonchev–Trinajstić information content (AvgIpc) is 3.31. The van der Waals surface area contributed by atoms with Crippen LogP contribution in [0, 0.1) is 6.92 Å². The molecule has 0 aliphatic heterocycles. The van der Waals surface area contributed by atoms with E-state index in [1.165, 1.54) is 16.9 Å². The van der Waals surface area contributed by atoms with Gasteiger partial charge >= 0.3 is 0 Å². The van der Waals surface area contributed by atoms with Gasteiger partial charge in [-0.15, -0.1) is 11.3 Å². The van der Waals surface area contributed by atoms with Crippen LogP contribution in [-0.4, -0.2) is 25.8 Å². The molecule has 2 unspecified atom stereocenters. The van der Waals surface area contributed by atoms with Crippen LogP contribution in [0.25, 0.3) is 4.48 Å². The highest BCUT2D eigenvalue weighted by molar-refractivity contribution is 9.15. The van der Waals surface area contributed by atoms with Crippen LogP contribution >= 0.6 is 27.3 Å². The van der Waals surface area contributed by atoms with Crippen LogP contribution in [0.2, 0.25) is 0 Å². The Hall–Kier alpha value is -2.12. The summed E-state index contributed by atoms with van der Waals surface area (Å²) in [7, 11) is 1.65. The molecule has 26 heavy (non-hydrogen) atoms. The zero-order chi connectivity index (χ0) is 18.8. The maximum Gasteiger partial charge on any atom is 0.263 e. The third kappa shape index (κ3) is 3.68. The lowest BCUT2D eigenvalue weighted by Crippen LogP contribution is -2.26. The standard InChI is InChI=1S/C19H20BrN3O2S/c1-10-16(14(20)9-22-2)17(21)18(26-10)19(24)23-15-8-13(15)11-4-6-12(25-3)7-5-11/h4-7,9,13,15H,2,8,21H2,1,3H3,(H,23,24). The summed E-state index contributed by atoms with van der Waals surface area (Å²) >= 11 is 4.83. The summed E-state index contributed by atoms with van der Waals surface area (Å²) in [4.78, 5) is 17.9. The Labute approximate surface area is 165 Å². The van der Waals surface area contributed by atoms with Crippen molar-refractivity contribution in [1.29, 1.82) is 0 Å². The molecule has 1 aliphatic carbocycles. The highest BCUT2D eigenvalue weighted by Gasteiger charge is 2.40. The molecular weight excluding hydrogens is 414 g/mol. The summed E-state index contributed by atoms with van der Waals surface area (Å²) in [6.45, 7) is 5.38. The zero-order valence-electron chi connectivity index (χ0n) is 14.6. The van der Waals surface area contributed by atoms with E-state index < -0.39 is 0 Å². The van der Waals surface area contributed by atoms with Crippen LogP contribution in [0.15, 0.2) is 35.5 Å². The van der Waals surface area contributed by atoms with Gasteiger partial charge in [0.15, 0.2) is 0 Å². The van der Waals surface area contributed by atoms with E-state index in [0.29, 0.717) is 16.5 Å². The second kappa shape index (κ2) is 7.63. The van der Waals surface area contributed by atoms with Crippen LogP contribution in [0.4, 0.5) is 5.69 Å². The molecule has 0 saturated heterocycles. The van der Waals surface area contributed by atoms with Gasteiger partial charge in [0, 0.05) is 33.1 Å². The Morgan fingerprint density at radius 1 is 1.46 bits per heavy atom. The molecule has 0 spiro atoms. The lowest BCUT2D eigenvalue weighted by molar-refractivity contribution is 0.0955. The van der Waals surface area contributed by atoms with Gasteiger partial charge in [0.1, 0.15) is 10.6 Å². The predicted octanol–water partition coefficient (Wildman–Crippen LogP) is 4.33. The number of amides is 1. The van der Waals surface area contributed by atoms with E-state index in [-0.39, 0.29) is 11.9 Å². The minimum absolute atomic E-state index is 0.130. The first-order valence-electron chi connectivity index (χ1n) is 8.11. The molecule has 136 valence electrons. The smallest absolute Gasteiger partial charge is 0.263 e. The molecule has 1 aliphatic rings. The van der Waals surface area contributed by atoms with Crippen molar-refractivity contribution in [3.63, 3.8) is 0 Å². The molecule has 2 atom stereocenters. The number of nitrogen functional groups attached to an aromatic ring is 1. The molecule has 1 fully saturated rings. The molecule has 7 heteroatoms. The molecule has 5 nitrogen and oxygen atoms in total. The lowest BCUT2D eigenvalue weighted by Gasteiger charge is -2.06. The molecule has 2 aromatic rings. The van der Waals surface area contributed by atoms with Crippen LogP contribution in [0.5, 0.6) is 5.75 Å². The van der Waals surface area contributed by atoms with E-state index in [0.717, 1.165) is 27.1 Å². The minimum atomic E-state index is -0.130.